The molecular formula is C21H24N4O3S3. The standard InChI is InChI=1S/C21H24N4O3S3/c1-13-10-17(14(2)24(13)16-7-9-31(27,28)12-16)18(26)11-30-21-23-22-20(19-4-3-8-29-19)25(21)15-5-6-15/h3-4,8,10,15-16H,5-7,9,11-12H2,1-2H3/t16-/m0/s1. The van der Waals surface area contributed by atoms with Gasteiger partial charge in [-0.25, -0.2) is 8.42 Å². The molecule has 164 valence electrons. The molecule has 1 saturated carbocycles. The molecule has 2 fully saturated rings. The lowest BCUT2D eigenvalue weighted by atomic mass is 10.2. The monoisotopic (exact) mass is 476 g/mol. The van der Waals surface area contributed by atoms with Crippen molar-refractivity contribution >= 4 is 38.7 Å². The Morgan fingerprint density at radius 3 is 2.65 bits per heavy atom. The van der Waals surface area contributed by atoms with Crippen LogP contribution >= 0.6 is 23.1 Å². The van der Waals surface area contributed by atoms with Crippen molar-refractivity contribution in [2.45, 2.75) is 50.4 Å². The van der Waals surface area contributed by atoms with E-state index in [1.54, 1.807) is 11.3 Å². The zero-order chi connectivity index (χ0) is 21.8. The van der Waals surface area contributed by atoms with Gasteiger partial charge in [0.15, 0.2) is 26.6 Å². The van der Waals surface area contributed by atoms with Gasteiger partial charge in [-0.05, 0) is 50.6 Å². The Bertz CT molecular complexity index is 1240. The molecule has 0 unspecified atom stereocenters. The minimum atomic E-state index is -2.98. The maximum Gasteiger partial charge on any atom is 0.192 e. The topological polar surface area (TPSA) is 86.8 Å². The van der Waals surface area contributed by atoms with Gasteiger partial charge in [-0.1, -0.05) is 17.8 Å². The average Bonchev–Trinajstić information content (AvgIpc) is 3.08. The van der Waals surface area contributed by atoms with E-state index < -0.39 is 9.84 Å². The molecule has 3 aromatic rings. The van der Waals surface area contributed by atoms with Gasteiger partial charge in [0.05, 0.1) is 22.1 Å². The van der Waals surface area contributed by atoms with Crippen LogP contribution in [0.4, 0.5) is 0 Å². The summed E-state index contributed by atoms with van der Waals surface area (Å²) in [6.07, 6.45) is 2.84. The van der Waals surface area contributed by atoms with Gasteiger partial charge < -0.3 is 4.57 Å². The highest BCUT2D eigenvalue weighted by atomic mass is 32.2. The third-order valence-corrected chi connectivity index (χ3v) is 9.57. The minimum Gasteiger partial charge on any atom is -0.344 e. The molecular weight excluding hydrogens is 452 g/mol. The molecule has 7 nitrogen and oxygen atoms in total. The number of sulfone groups is 1. The number of aryl methyl sites for hydroxylation is 1. The summed E-state index contributed by atoms with van der Waals surface area (Å²) >= 11 is 3.07. The molecule has 3 aromatic heterocycles. The highest BCUT2D eigenvalue weighted by molar-refractivity contribution is 7.99. The van der Waals surface area contributed by atoms with Crippen LogP contribution in [0.3, 0.4) is 0 Å². The Hall–Kier alpha value is -1.91. The number of carbonyl (C=O) groups excluding carboxylic acids is 1. The molecule has 5 rings (SSSR count). The molecule has 2 aliphatic rings. The Morgan fingerprint density at radius 2 is 2.00 bits per heavy atom. The van der Waals surface area contributed by atoms with Crippen molar-refractivity contribution in [3.05, 3.63) is 40.5 Å². The Kier molecular flexibility index (Phi) is 5.34. The van der Waals surface area contributed by atoms with E-state index in [0.29, 0.717) is 18.0 Å². The number of Topliss-reactive ketones (excluding diaryl/α,β-unsaturated/α-hetero) is 1. The summed E-state index contributed by atoms with van der Waals surface area (Å²) in [5.74, 6) is 1.57. The SMILES string of the molecule is Cc1cc(C(=O)CSc2nnc(-c3cccs3)n2C2CC2)c(C)n1[C@H]1CCS(=O)(=O)C1. The molecule has 0 N–H and O–H groups in total. The van der Waals surface area contributed by atoms with Crippen molar-refractivity contribution in [3.63, 3.8) is 0 Å². The van der Waals surface area contributed by atoms with E-state index in [4.69, 9.17) is 0 Å². The lowest BCUT2D eigenvalue weighted by Crippen LogP contribution is -2.14. The quantitative estimate of drug-likeness (QED) is 0.377. The van der Waals surface area contributed by atoms with Gasteiger partial charge in [-0.2, -0.15) is 0 Å². The zero-order valence-corrected chi connectivity index (χ0v) is 19.9. The van der Waals surface area contributed by atoms with Gasteiger partial charge in [-0.15, -0.1) is 21.5 Å². The fourth-order valence-electron chi connectivity index (χ4n) is 4.42. The summed E-state index contributed by atoms with van der Waals surface area (Å²) in [6.45, 7) is 3.86. The number of rotatable bonds is 7. The highest BCUT2D eigenvalue weighted by Gasteiger charge is 2.33. The van der Waals surface area contributed by atoms with Gasteiger partial charge in [0.2, 0.25) is 0 Å². The largest absolute Gasteiger partial charge is 0.344 e. The van der Waals surface area contributed by atoms with Crippen LogP contribution in [0.1, 0.15) is 53.1 Å². The molecule has 1 aliphatic heterocycles. The first-order valence-electron chi connectivity index (χ1n) is 10.4. The predicted molar refractivity (Wildman–Crippen MR) is 123 cm³/mol. The lowest BCUT2D eigenvalue weighted by molar-refractivity contribution is 0.102. The van der Waals surface area contributed by atoms with E-state index in [9.17, 15) is 13.2 Å². The van der Waals surface area contributed by atoms with E-state index in [-0.39, 0.29) is 29.1 Å². The van der Waals surface area contributed by atoms with E-state index in [0.717, 1.165) is 40.1 Å². The van der Waals surface area contributed by atoms with Crippen LogP contribution in [0.2, 0.25) is 0 Å². The highest BCUT2D eigenvalue weighted by Crippen LogP contribution is 2.42. The van der Waals surface area contributed by atoms with Crippen LogP contribution in [0.25, 0.3) is 10.7 Å². The summed E-state index contributed by atoms with van der Waals surface area (Å²) in [4.78, 5) is 14.2. The summed E-state index contributed by atoms with van der Waals surface area (Å²) in [5, 5.41) is 11.6. The van der Waals surface area contributed by atoms with Crippen LogP contribution in [-0.4, -0.2) is 50.8 Å². The average molecular weight is 477 g/mol. The maximum absolute atomic E-state index is 13.1. The predicted octanol–water partition coefficient (Wildman–Crippen LogP) is 4.09. The molecule has 1 atom stereocenters. The van der Waals surface area contributed by atoms with E-state index in [1.165, 1.54) is 11.8 Å². The summed E-state index contributed by atoms with van der Waals surface area (Å²) in [5.41, 5.74) is 2.47. The maximum atomic E-state index is 13.1. The van der Waals surface area contributed by atoms with Crippen molar-refractivity contribution in [1.82, 2.24) is 19.3 Å². The zero-order valence-electron chi connectivity index (χ0n) is 17.4. The minimum absolute atomic E-state index is 0.0354. The van der Waals surface area contributed by atoms with Crippen LogP contribution in [-0.2, 0) is 9.84 Å². The Morgan fingerprint density at radius 1 is 1.19 bits per heavy atom. The summed E-state index contributed by atoms with van der Waals surface area (Å²) in [7, 11) is -2.98. The normalized spacial score (nSPS) is 20.4. The van der Waals surface area contributed by atoms with Crippen molar-refractivity contribution in [3.8, 4) is 10.7 Å². The van der Waals surface area contributed by atoms with Gasteiger partial charge in [0.25, 0.3) is 0 Å². The van der Waals surface area contributed by atoms with E-state index in [2.05, 4.69) is 14.8 Å². The Labute approximate surface area is 189 Å². The van der Waals surface area contributed by atoms with Gasteiger partial charge in [0.1, 0.15) is 0 Å². The molecule has 1 aliphatic carbocycles. The van der Waals surface area contributed by atoms with Crippen molar-refractivity contribution in [2.24, 2.45) is 0 Å². The third kappa shape index (κ3) is 4.01. The number of thioether (sulfide) groups is 1. The molecule has 4 heterocycles. The second-order valence-electron chi connectivity index (χ2n) is 8.31. The van der Waals surface area contributed by atoms with Gasteiger partial charge >= 0.3 is 0 Å². The fourth-order valence-corrected chi connectivity index (χ4v) is 7.71. The molecule has 0 radical (unpaired) electrons. The van der Waals surface area contributed by atoms with Crippen molar-refractivity contribution < 1.29 is 13.2 Å². The van der Waals surface area contributed by atoms with Gasteiger partial charge in [-0.3, -0.25) is 9.36 Å². The van der Waals surface area contributed by atoms with E-state index in [1.807, 2.05) is 42.0 Å². The number of aromatic nitrogens is 4. The first-order chi connectivity index (χ1) is 14.8. The first kappa shape index (κ1) is 21.0. The number of hydrogen-bond acceptors (Lipinski definition) is 7. The number of ketones is 1. The van der Waals surface area contributed by atoms with Crippen molar-refractivity contribution in [2.75, 3.05) is 17.3 Å². The molecule has 10 heteroatoms. The second kappa shape index (κ2) is 7.90. The Balaban J connectivity index is 1.35. The van der Waals surface area contributed by atoms with Crippen LogP contribution in [0.15, 0.2) is 28.7 Å². The first-order valence-corrected chi connectivity index (χ1v) is 14.1. The fraction of sp³-hybridized carbons (Fsp3) is 0.476. The summed E-state index contributed by atoms with van der Waals surface area (Å²) in [6, 6.07) is 6.29. The molecule has 0 bridgehead atoms. The summed E-state index contributed by atoms with van der Waals surface area (Å²) < 4.78 is 28.0. The lowest BCUT2D eigenvalue weighted by Gasteiger charge is -2.16. The van der Waals surface area contributed by atoms with E-state index >= 15 is 0 Å². The molecule has 0 aromatic carbocycles. The smallest absolute Gasteiger partial charge is 0.192 e. The van der Waals surface area contributed by atoms with Crippen LogP contribution in [0, 0.1) is 13.8 Å². The number of hydrogen-bond donors (Lipinski definition) is 0. The number of carbonyl (C=O) groups is 1. The second-order valence-corrected chi connectivity index (χ2v) is 12.4. The van der Waals surface area contributed by atoms with Gasteiger partial charge in [0, 0.05) is 29.0 Å². The molecule has 1 saturated heterocycles. The molecule has 31 heavy (non-hydrogen) atoms. The third-order valence-electron chi connectivity index (χ3n) is 6.01. The molecule has 0 spiro atoms. The van der Waals surface area contributed by atoms with Crippen LogP contribution in [0.5, 0.6) is 0 Å². The molecule has 0 amide bonds. The number of thiophene rings is 1. The number of nitrogens with zero attached hydrogens (tertiary/aromatic N) is 4. The van der Waals surface area contributed by atoms with Crippen LogP contribution < -0.4 is 0 Å². The van der Waals surface area contributed by atoms with Crippen molar-refractivity contribution in [1.29, 1.82) is 0 Å².